The molecule has 0 aromatic heterocycles. The van der Waals surface area contributed by atoms with Crippen LogP contribution in [0.25, 0.3) is 0 Å². The molecule has 2 N–H and O–H groups in total. The highest BCUT2D eigenvalue weighted by atomic mass is 32.2. The Labute approximate surface area is 101 Å². The third-order valence-electron chi connectivity index (χ3n) is 3.44. The third kappa shape index (κ3) is 2.52. The molecule has 5 heteroatoms. The molecule has 0 spiro atoms. The summed E-state index contributed by atoms with van der Waals surface area (Å²) in [6, 6.07) is 0. The minimum atomic E-state index is -0.825. The van der Waals surface area contributed by atoms with Crippen LogP contribution in [-0.4, -0.2) is 48.4 Å². The molecular formula is C11H21NO3S. The van der Waals surface area contributed by atoms with Gasteiger partial charge < -0.3 is 9.84 Å². The van der Waals surface area contributed by atoms with Gasteiger partial charge in [0.25, 0.3) is 0 Å². The largest absolute Gasteiger partial charge is 0.480 e. The highest BCUT2D eigenvalue weighted by molar-refractivity contribution is 7.99. The average Bonchev–Trinajstić information content (AvgIpc) is 2.20. The zero-order valence-electron chi connectivity index (χ0n) is 10.2. The van der Waals surface area contributed by atoms with Gasteiger partial charge in [0, 0.05) is 19.4 Å². The summed E-state index contributed by atoms with van der Waals surface area (Å²) < 4.78 is 4.96. The van der Waals surface area contributed by atoms with Gasteiger partial charge in [0.2, 0.25) is 0 Å². The first kappa shape index (κ1) is 13.8. The van der Waals surface area contributed by atoms with Gasteiger partial charge in [-0.25, -0.2) is 0 Å². The number of carboxylic acid groups (broad SMARTS) is 1. The Hall–Kier alpha value is -0.260. The first-order valence-corrected chi connectivity index (χ1v) is 6.67. The van der Waals surface area contributed by atoms with Crippen molar-refractivity contribution in [3.8, 4) is 0 Å². The Morgan fingerprint density at radius 2 is 2.25 bits per heavy atom. The van der Waals surface area contributed by atoms with E-state index >= 15 is 0 Å². The number of hydrogen-bond acceptors (Lipinski definition) is 4. The van der Waals surface area contributed by atoms with Crippen LogP contribution in [0.4, 0.5) is 0 Å². The van der Waals surface area contributed by atoms with Crippen molar-refractivity contribution in [2.75, 3.05) is 31.8 Å². The maximum absolute atomic E-state index is 11.6. The first-order chi connectivity index (χ1) is 7.46. The summed E-state index contributed by atoms with van der Waals surface area (Å²) in [4.78, 5) is 11.6. The van der Waals surface area contributed by atoms with E-state index in [0.29, 0.717) is 18.9 Å². The Morgan fingerprint density at radius 3 is 2.75 bits per heavy atom. The van der Waals surface area contributed by atoms with Crippen molar-refractivity contribution in [2.24, 2.45) is 5.41 Å². The fourth-order valence-electron chi connectivity index (χ4n) is 2.04. The van der Waals surface area contributed by atoms with Gasteiger partial charge in [-0.2, -0.15) is 11.8 Å². The predicted molar refractivity (Wildman–Crippen MR) is 66.0 cm³/mol. The molecule has 0 bridgehead atoms. The van der Waals surface area contributed by atoms with Gasteiger partial charge in [-0.1, -0.05) is 13.8 Å². The third-order valence-corrected chi connectivity index (χ3v) is 4.57. The van der Waals surface area contributed by atoms with E-state index in [-0.39, 0.29) is 5.41 Å². The molecule has 0 amide bonds. The summed E-state index contributed by atoms with van der Waals surface area (Å²) in [6.07, 6.45) is 0.921. The van der Waals surface area contributed by atoms with Crippen LogP contribution < -0.4 is 5.32 Å². The highest BCUT2D eigenvalue weighted by Crippen LogP contribution is 2.42. The standard InChI is InChI=1S/C11H21NO3S/c1-10(2)4-7-16-8-11(10,9(13)14)12-5-6-15-3/h12H,4-8H2,1-3H3,(H,13,14). The van der Waals surface area contributed by atoms with Gasteiger partial charge in [-0.05, 0) is 17.6 Å². The number of hydrogen-bond donors (Lipinski definition) is 2. The molecule has 1 fully saturated rings. The average molecular weight is 247 g/mol. The number of thioether (sulfide) groups is 1. The molecular weight excluding hydrogens is 226 g/mol. The van der Waals surface area contributed by atoms with Crippen molar-refractivity contribution < 1.29 is 14.6 Å². The number of rotatable bonds is 5. The summed E-state index contributed by atoms with van der Waals surface area (Å²) in [5.41, 5.74) is -1.05. The van der Waals surface area contributed by atoms with Gasteiger partial charge in [-0.15, -0.1) is 0 Å². The van der Waals surface area contributed by atoms with Gasteiger partial charge in [0.05, 0.1) is 6.61 Å². The monoisotopic (exact) mass is 247 g/mol. The van der Waals surface area contributed by atoms with Crippen LogP contribution in [0.3, 0.4) is 0 Å². The van der Waals surface area contributed by atoms with E-state index in [4.69, 9.17) is 4.74 Å². The van der Waals surface area contributed by atoms with Gasteiger partial charge in [-0.3, -0.25) is 10.1 Å². The Morgan fingerprint density at radius 1 is 1.56 bits per heavy atom. The lowest BCUT2D eigenvalue weighted by Crippen LogP contribution is -2.65. The van der Waals surface area contributed by atoms with Crippen LogP contribution in [0.15, 0.2) is 0 Å². The van der Waals surface area contributed by atoms with Crippen LogP contribution in [0.1, 0.15) is 20.3 Å². The van der Waals surface area contributed by atoms with E-state index in [0.717, 1.165) is 12.2 Å². The normalized spacial score (nSPS) is 28.9. The minimum absolute atomic E-state index is 0.224. The molecule has 1 aliphatic heterocycles. The lowest BCUT2D eigenvalue weighted by Gasteiger charge is -2.47. The summed E-state index contributed by atoms with van der Waals surface area (Å²) >= 11 is 1.71. The lowest BCUT2D eigenvalue weighted by atomic mass is 9.70. The Balaban J connectivity index is 2.81. The molecule has 1 atom stereocenters. The second-order valence-corrected chi connectivity index (χ2v) is 5.92. The molecule has 0 aromatic carbocycles. The smallest absolute Gasteiger partial charge is 0.325 e. The molecule has 0 aromatic rings. The van der Waals surface area contributed by atoms with Crippen molar-refractivity contribution in [3.05, 3.63) is 0 Å². The summed E-state index contributed by atoms with van der Waals surface area (Å²) in [5.74, 6) is 0.911. The highest BCUT2D eigenvalue weighted by Gasteiger charge is 2.52. The molecule has 1 rings (SSSR count). The van der Waals surface area contributed by atoms with E-state index in [1.807, 2.05) is 13.8 Å². The molecule has 1 unspecified atom stereocenters. The first-order valence-electron chi connectivity index (χ1n) is 5.51. The minimum Gasteiger partial charge on any atom is -0.480 e. The molecule has 4 nitrogen and oxygen atoms in total. The Bertz CT molecular complexity index is 258. The van der Waals surface area contributed by atoms with Crippen molar-refractivity contribution >= 4 is 17.7 Å². The summed E-state index contributed by atoms with van der Waals surface area (Å²) in [7, 11) is 1.62. The van der Waals surface area contributed by atoms with Gasteiger partial charge >= 0.3 is 5.97 Å². The molecule has 0 saturated carbocycles. The van der Waals surface area contributed by atoms with E-state index in [1.54, 1.807) is 18.9 Å². The van der Waals surface area contributed by atoms with E-state index in [9.17, 15) is 9.90 Å². The topological polar surface area (TPSA) is 58.6 Å². The van der Waals surface area contributed by atoms with E-state index in [1.165, 1.54) is 0 Å². The van der Waals surface area contributed by atoms with Crippen LogP contribution in [-0.2, 0) is 9.53 Å². The fourth-order valence-corrected chi connectivity index (χ4v) is 3.77. The molecule has 1 aliphatic rings. The van der Waals surface area contributed by atoms with E-state index in [2.05, 4.69) is 5.32 Å². The van der Waals surface area contributed by atoms with Gasteiger partial charge in [0.15, 0.2) is 0 Å². The number of carboxylic acids is 1. The molecule has 94 valence electrons. The van der Waals surface area contributed by atoms with Crippen molar-refractivity contribution in [1.82, 2.24) is 5.32 Å². The SMILES string of the molecule is COCCNC1(C(=O)O)CSCCC1(C)C. The van der Waals surface area contributed by atoms with Crippen LogP contribution >= 0.6 is 11.8 Å². The molecule has 16 heavy (non-hydrogen) atoms. The quantitative estimate of drug-likeness (QED) is 0.715. The number of ether oxygens (including phenoxy) is 1. The molecule has 1 saturated heterocycles. The maximum atomic E-state index is 11.6. The Kier molecular flexibility index (Phi) is 4.64. The second kappa shape index (κ2) is 5.38. The number of methoxy groups -OCH3 is 1. The molecule has 0 aliphatic carbocycles. The van der Waals surface area contributed by atoms with Crippen LogP contribution in [0.5, 0.6) is 0 Å². The summed E-state index contributed by atoms with van der Waals surface area (Å²) in [6.45, 7) is 5.17. The maximum Gasteiger partial charge on any atom is 0.325 e. The molecule has 1 heterocycles. The molecule has 0 radical (unpaired) electrons. The second-order valence-electron chi connectivity index (χ2n) is 4.82. The number of aliphatic carboxylic acids is 1. The zero-order valence-corrected chi connectivity index (χ0v) is 11.0. The number of carbonyl (C=O) groups is 1. The number of nitrogens with one attached hydrogen (secondary N) is 1. The van der Waals surface area contributed by atoms with Crippen molar-refractivity contribution in [3.63, 3.8) is 0 Å². The predicted octanol–water partition coefficient (Wildman–Crippen LogP) is 1.21. The fraction of sp³-hybridized carbons (Fsp3) is 0.909. The van der Waals surface area contributed by atoms with Crippen LogP contribution in [0.2, 0.25) is 0 Å². The zero-order chi connectivity index (χ0) is 12.2. The van der Waals surface area contributed by atoms with E-state index < -0.39 is 11.5 Å². The van der Waals surface area contributed by atoms with Gasteiger partial charge in [0.1, 0.15) is 5.54 Å². The summed E-state index contributed by atoms with van der Waals surface area (Å²) in [5, 5.41) is 12.7. The lowest BCUT2D eigenvalue weighted by molar-refractivity contribution is -0.149. The van der Waals surface area contributed by atoms with Crippen molar-refractivity contribution in [1.29, 1.82) is 0 Å². The van der Waals surface area contributed by atoms with Crippen molar-refractivity contribution in [2.45, 2.75) is 25.8 Å². The van der Waals surface area contributed by atoms with Crippen LogP contribution in [0, 0.1) is 5.41 Å².